The van der Waals surface area contributed by atoms with Gasteiger partial charge in [-0.1, -0.05) is 6.07 Å². The second-order valence-electron chi connectivity index (χ2n) is 6.16. The van der Waals surface area contributed by atoms with E-state index < -0.39 is 11.8 Å². The molecule has 1 aliphatic heterocycles. The van der Waals surface area contributed by atoms with Crippen molar-refractivity contribution in [1.29, 1.82) is 0 Å². The molecule has 1 aliphatic rings. The molecular formula is C20H17N5O3S. The van der Waals surface area contributed by atoms with Gasteiger partial charge in [-0.25, -0.2) is 4.98 Å². The number of hydrogen-bond acceptors (Lipinski definition) is 8. The van der Waals surface area contributed by atoms with Gasteiger partial charge in [-0.2, -0.15) is 0 Å². The Morgan fingerprint density at radius 1 is 1.00 bits per heavy atom. The minimum absolute atomic E-state index is 0.0174. The van der Waals surface area contributed by atoms with Crippen LogP contribution in [0.4, 0.5) is 16.5 Å². The van der Waals surface area contributed by atoms with Crippen molar-refractivity contribution in [3.8, 4) is 11.4 Å². The zero-order valence-corrected chi connectivity index (χ0v) is 16.0. The third-order valence-corrected chi connectivity index (χ3v) is 4.94. The first-order valence-electron chi connectivity index (χ1n) is 8.83. The number of aromatic nitrogens is 2. The number of anilines is 3. The normalized spacial score (nSPS) is 13.6. The quantitative estimate of drug-likeness (QED) is 0.517. The van der Waals surface area contributed by atoms with Gasteiger partial charge in [0.1, 0.15) is 11.4 Å². The summed E-state index contributed by atoms with van der Waals surface area (Å²) in [5, 5.41) is 17.8. The van der Waals surface area contributed by atoms with E-state index in [9.17, 15) is 9.59 Å². The summed E-state index contributed by atoms with van der Waals surface area (Å²) in [5.74, 6) is -0.881. The van der Waals surface area contributed by atoms with Crippen LogP contribution in [0.2, 0.25) is 0 Å². The third-order valence-electron chi connectivity index (χ3n) is 4.18. The lowest BCUT2D eigenvalue weighted by Gasteiger charge is -2.13. The van der Waals surface area contributed by atoms with Gasteiger partial charge in [0.05, 0.1) is 18.8 Å². The number of amides is 2. The van der Waals surface area contributed by atoms with Crippen LogP contribution in [0, 0.1) is 0 Å². The Hall–Kier alpha value is -3.56. The van der Waals surface area contributed by atoms with Crippen molar-refractivity contribution in [3.63, 3.8) is 0 Å². The number of rotatable bonds is 7. The van der Waals surface area contributed by atoms with Crippen LogP contribution in [0.15, 0.2) is 65.8 Å². The fourth-order valence-electron chi connectivity index (χ4n) is 2.79. The summed E-state index contributed by atoms with van der Waals surface area (Å²) in [7, 11) is 0. The van der Waals surface area contributed by atoms with Crippen LogP contribution in [0.1, 0.15) is 0 Å². The fraction of sp³-hybridized carbons (Fsp3) is 0.100. The molecule has 146 valence electrons. The van der Waals surface area contributed by atoms with E-state index in [4.69, 9.17) is 5.11 Å². The summed E-state index contributed by atoms with van der Waals surface area (Å²) in [6.45, 7) is -0.283. The highest BCUT2D eigenvalue weighted by Crippen LogP contribution is 2.27. The van der Waals surface area contributed by atoms with Crippen molar-refractivity contribution < 1.29 is 14.7 Å². The zero-order chi connectivity index (χ0) is 20.2. The lowest BCUT2D eigenvalue weighted by atomic mass is 10.2. The molecule has 3 N–H and O–H groups in total. The highest BCUT2D eigenvalue weighted by atomic mass is 32.1. The van der Waals surface area contributed by atoms with Crippen molar-refractivity contribution in [3.05, 3.63) is 65.8 Å². The molecule has 0 fully saturated rings. The van der Waals surface area contributed by atoms with Crippen LogP contribution in [0.25, 0.3) is 11.4 Å². The number of nitrogens with one attached hydrogen (secondary N) is 2. The number of imide groups is 1. The van der Waals surface area contributed by atoms with Gasteiger partial charge in [0.25, 0.3) is 11.8 Å². The minimum atomic E-state index is -0.448. The second kappa shape index (κ2) is 8.21. The van der Waals surface area contributed by atoms with E-state index in [1.165, 1.54) is 17.4 Å². The smallest absolute Gasteiger partial charge is 0.277 e. The standard InChI is InChI=1S/C20H17N5O3S/c26-10-9-25-18(27)11-16(19(25)28)22-13-4-6-14(7-5-13)23-20-24-17(12-29-20)15-3-1-2-8-21-15/h1-8,11-12,22,26H,9-10H2,(H,23,24). The monoisotopic (exact) mass is 407 g/mol. The number of benzene rings is 1. The number of carbonyl (C=O) groups is 2. The first kappa shape index (κ1) is 18.8. The van der Waals surface area contributed by atoms with E-state index in [0.717, 1.165) is 27.1 Å². The average Bonchev–Trinajstić information content (AvgIpc) is 3.31. The SMILES string of the molecule is O=C1C=C(Nc2ccc(Nc3nc(-c4ccccn4)cs3)cc2)C(=O)N1CCO. The van der Waals surface area contributed by atoms with Crippen molar-refractivity contribution in [2.75, 3.05) is 23.8 Å². The Kier molecular flexibility index (Phi) is 5.32. The molecule has 1 aromatic carbocycles. The number of thiazole rings is 1. The van der Waals surface area contributed by atoms with Crippen molar-refractivity contribution >= 4 is 39.7 Å². The van der Waals surface area contributed by atoms with Crippen LogP contribution in [-0.4, -0.2) is 44.9 Å². The Morgan fingerprint density at radius 3 is 2.45 bits per heavy atom. The number of pyridine rings is 1. The molecule has 0 atom stereocenters. The Balaban J connectivity index is 1.40. The Morgan fingerprint density at radius 2 is 1.76 bits per heavy atom. The van der Waals surface area contributed by atoms with Crippen molar-refractivity contribution in [1.82, 2.24) is 14.9 Å². The number of aliphatic hydroxyl groups excluding tert-OH is 1. The molecule has 0 aliphatic carbocycles. The maximum absolute atomic E-state index is 12.2. The maximum atomic E-state index is 12.2. The number of nitrogens with zero attached hydrogens (tertiary/aromatic N) is 3. The van der Waals surface area contributed by atoms with Gasteiger partial charge in [0.15, 0.2) is 5.13 Å². The Bertz CT molecular complexity index is 1060. The molecule has 2 aromatic heterocycles. The van der Waals surface area contributed by atoms with Crippen LogP contribution in [0.3, 0.4) is 0 Å². The molecule has 0 radical (unpaired) electrons. The van der Waals surface area contributed by atoms with Gasteiger partial charge in [-0.05, 0) is 36.4 Å². The highest BCUT2D eigenvalue weighted by molar-refractivity contribution is 7.14. The summed E-state index contributed by atoms with van der Waals surface area (Å²) in [6, 6.07) is 13.0. The van der Waals surface area contributed by atoms with E-state index in [0.29, 0.717) is 5.69 Å². The number of β-amino-alcohol motifs (C(OH)–C–C–N with tert-alkyl or cyclic N) is 1. The molecule has 0 spiro atoms. The average molecular weight is 407 g/mol. The fourth-order valence-corrected chi connectivity index (χ4v) is 3.51. The summed E-state index contributed by atoms with van der Waals surface area (Å²) < 4.78 is 0. The van der Waals surface area contributed by atoms with Gasteiger partial charge >= 0.3 is 0 Å². The first-order valence-corrected chi connectivity index (χ1v) is 9.71. The van der Waals surface area contributed by atoms with E-state index in [-0.39, 0.29) is 18.8 Å². The molecule has 9 heteroatoms. The van der Waals surface area contributed by atoms with E-state index in [2.05, 4.69) is 20.6 Å². The molecule has 0 saturated heterocycles. The predicted molar refractivity (Wildman–Crippen MR) is 111 cm³/mol. The highest BCUT2D eigenvalue weighted by Gasteiger charge is 2.30. The molecular weight excluding hydrogens is 390 g/mol. The van der Waals surface area contributed by atoms with Crippen LogP contribution < -0.4 is 10.6 Å². The van der Waals surface area contributed by atoms with Crippen molar-refractivity contribution in [2.45, 2.75) is 0 Å². The Labute approximate surface area is 170 Å². The van der Waals surface area contributed by atoms with Gasteiger partial charge < -0.3 is 15.7 Å². The van der Waals surface area contributed by atoms with Gasteiger partial charge in [0, 0.05) is 29.0 Å². The topological polar surface area (TPSA) is 107 Å². The number of aliphatic hydroxyl groups is 1. The molecule has 3 aromatic rings. The van der Waals surface area contributed by atoms with Crippen LogP contribution >= 0.6 is 11.3 Å². The molecule has 8 nitrogen and oxygen atoms in total. The summed E-state index contributed by atoms with van der Waals surface area (Å²) in [6.07, 6.45) is 2.97. The lowest BCUT2D eigenvalue weighted by Crippen LogP contribution is -2.34. The minimum Gasteiger partial charge on any atom is -0.395 e. The lowest BCUT2D eigenvalue weighted by molar-refractivity contribution is -0.137. The molecule has 4 rings (SSSR count). The van der Waals surface area contributed by atoms with Crippen molar-refractivity contribution in [2.24, 2.45) is 0 Å². The van der Waals surface area contributed by atoms with E-state index >= 15 is 0 Å². The first-order chi connectivity index (χ1) is 14.1. The number of hydrogen-bond donors (Lipinski definition) is 3. The summed E-state index contributed by atoms with van der Waals surface area (Å²) in [4.78, 5) is 33.8. The summed E-state index contributed by atoms with van der Waals surface area (Å²) >= 11 is 1.48. The molecule has 3 heterocycles. The van der Waals surface area contributed by atoms with Gasteiger partial charge in [0.2, 0.25) is 0 Å². The largest absolute Gasteiger partial charge is 0.395 e. The van der Waals surface area contributed by atoms with Gasteiger partial charge in [-0.15, -0.1) is 11.3 Å². The van der Waals surface area contributed by atoms with Crippen LogP contribution in [-0.2, 0) is 9.59 Å². The molecule has 2 amide bonds. The molecule has 29 heavy (non-hydrogen) atoms. The number of carbonyl (C=O) groups excluding carboxylic acids is 2. The predicted octanol–water partition coefficient (Wildman–Crippen LogP) is 2.61. The third kappa shape index (κ3) is 4.15. The van der Waals surface area contributed by atoms with E-state index in [1.807, 2.05) is 35.7 Å². The summed E-state index contributed by atoms with van der Waals surface area (Å²) in [5.41, 5.74) is 3.31. The molecule has 0 saturated carbocycles. The van der Waals surface area contributed by atoms with E-state index in [1.54, 1.807) is 18.3 Å². The zero-order valence-electron chi connectivity index (χ0n) is 15.2. The van der Waals surface area contributed by atoms with Crippen LogP contribution in [0.5, 0.6) is 0 Å². The molecule has 0 unspecified atom stereocenters. The maximum Gasteiger partial charge on any atom is 0.277 e. The second-order valence-corrected chi connectivity index (χ2v) is 7.01. The van der Waals surface area contributed by atoms with Gasteiger partial charge in [-0.3, -0.25) is 19.5 Å². The molecule has 0 bridgehead atoms.